The summed E-state index contributed by atoms with van der Waals surface area (Å²) in [6.45, 7) is 0.757. The lowest BCUT2D eigenvalue weighted by Gasteiger charge is -2.10. The van der Waals surface area contributed by atoms with Gasteiger partial charge in [-0.25, -0.2) is 4.79 Å². The predicted octanol–water partition coefficient (Wildman–Crippen LogP) is 2.62. The number of nitrogens with zero attached hydrogens (tertiary/aromatic N) is 2. The van der Waals surface area contributed by atoms with Gasteiger partial charge in [-0.05, 0) is 19.1 Å². The van der Waals surface area contributed by atoms with Crippen molar-refractivity contribution in [2.45, 2.75) is 6.92 Å². The van der Waals surface area contributed by atoms with Crippen LogP contribution in [0.15, 0.2) is 36.4 Å². The van der Waals surface area contributed by atoms with E-state index in [2.05, 4.69) is 5.32 Å². The molecule has 1 amide bonds. The number of nitrogens with one attached hydrogen (secondary N) is 1. The number of carbonyl (C=O) groups excluding carboxylic acids is 2. The topological polar surface area (TPSA) is 151 Å². The molecule has 0 unspecified atom stereocenters. The number of amides is 1. The van der Waals surface area contributed by atoms with Crippen LogP contribution >= 0.6 is 0 Å². The van der Waals surface area contributed by atoms with Crippen LogP contribution < -0.4 is 10.1 Å². The fourth-order valence-corrected chi connectivity index (χ4v) is 2.36. The van der Waals surface area contributed by atoms with Crippen LogP contribution in [0, 0.1) is 27.2 Å². The number of hydrogen-bond acceptors (Lipinski definition) is 8. The summed E-state index contributed by atoms with van der Waals surface area (Å²) in [5.74, 6) is -1.74. The highest BCUT2D eigenvalue weighted by Crippen LogP contribution is 2.29. The molecular formula is C17H15N3O8. The number of non-ortho nitro benzene ring substituents is 1. The van der Waals surface area contributed by atoms with Gasteiger partial charge in [0.2, 0.25) is 0 Å². The molecular weight excluding hydrogens is 374 g/mol. The average molecular weight is 389 g/mol. The minimum absolute atomic E-state index is 0.0446. The first kappa shape index (κ1) is 20.3. The molecule has 11 nitrogen and oxygen atoms in total. The molecule has 0 aliphatic rings. The number of methoxy groups -OCH3 is 1. The number of benzene rings is 2. The minimum atomic E-state index is -1.03. The van der Waals surface area contributed by atoms with Crippen molar-refractivity contribution < 1.29 is 28.9 Å². The van der Waals surface area contributed by atoms with Gasteiger partial charge in [-0.1, -0.05) is 12.1 Å². The molecule has 0 saturated heterocycles. The van der Waals surface area contributed by atoms with Crippen molar-refractivity contribution >= 4 is 28.9 Å². The number of ether oxygens (including phenoxy) is 2. The number of nitro benzene ring substituents is 2. The maximum atomic E-state index is 12.1. The maximum Gasteiger partial charge on any atom is 0.345 e. The van der Waals surface area contributed by atoms with Crippen molar-refractivity contribution in [3.8, 4) is 5.75 Å². The largest absolute Gasteiger partial charge is 0.494 e. The van der Waals surface area contributed by atoms with Gasteiger partial charge in [-0.2, -0.15) is 0 Å². The van der Waals surface area contributed by atoms with E-state index in [0.29, 0.717) is 0 Å². The molecule has 0 aliphatic heterocycles. The number of aryl methyl sites for hydroxylation is 1. The summed E-state index contributed by atoms with van der Waals surface area (Å²) in [4.78, 5) is 44.7. The third kappa shape index (κ3) is 4.58. The molecule has 28 heavy (non-hydrogen) atoms. The van der Waals surface area contributed by atoms with Gasteiger partial charge in [-0.15, -0.1) is 0 Å². The van der Waals surface area contributed by atoms with E-state index in [1.165, 1.54) is 44.4 Å². The second-order valence-corrected chi connectivity index (χ2v) is 5.49. The Morgan fingerprint density at radius 1 is 1.11 bits per heavy atom. The number of nitro groups is 2. The van der Waals surface area contributed by atoms with E-state index in [1.54, 1.807) is 0 Å². The SMILES string of the molecule is COc1cc([N+](=O)[O-])ccc1NC(=O)COC(=O)c1cccc(C)c1[N+](=O)[O-]. The molecule has 0 spiro atoms. The summed E-state index contributed by atoms with van der Waals surface area (Å²) >= 11 is 0. The maximum absolute atomic E-state index is 12.1. The van der Waals surface area contributed by atoms with Crippen LogP contribution in [0.3, 0.4) is 0 Å². The standard InChI is InChI=1S/C17H15N3O8/c1-10-4-3-5-12(16(10)20(25)26)17(22)28-9-15(21)18-13-7-6-11(19(23)24)8-14(13)27-2/h3-8H,9H2,1-2H3,(H,18,21). The minimum Gasteiger partial charge on any atom is -0.494 e. The molecule has 0 heterocycles. The van der Waals surface area contributed by atoms with Crippen molar-refractivity contribution in [3.05, 3.63) is 67.8 Å². The smallest absolute Gasteiger partial charge is 0.345 e. The zero-order valence-electron chi connectivity index (χ0n) is 14.8. The molecule has 2 aromatic carbocycles. The molecule has 2 rings (SSSR count). The van der Waals surface area contributed by atoms with Crippen molar-refractivity contribution in [2.75, 3.05) is 19.0 Å². The molecule has 146 valence electrons. The van der Waals surface area contributed by atoms with Crippen molar-refractivity contribution in [1.82, 2.24) is 0 Å². The lowest BCUT2D eigenvalue weighted by molar-refractivity contribution is -0.385. The Hall–Kier alpha value is -4.02. The second-order valence-electron chi connectivity index (χ2n) is 5.49. The zero-order chi connectivity index (χ0) is 20.8. The van der Waals surface area contributed by atoms with Gasteiger partial charge in [0.1, 0.15) is 11.3 Å². The normalized spacial score (nSPS) is 10.1. The van der Waals surface area contributed by atoms with Crippen LogP contribution in [0.25, 0.3) is 0 Å². The first-order chi connectivity index (χ1) is 13.2. The predicted molar refractivity (Wildman–Crippen MR) is 96.4 cm³/mol. The van der Waals surface area contributed by atoms with Crippen LogP contribution in [0.2, 0.25) is 0 Å². The quantitative estimate of drug-likeness (QED) is 0.431. The average Bonchev–Trinajstić information content (AvgIpc) is 2.65. The van der Waals surface area contributed by atoms with Gasteiger partial charge >= 0.3 is 5.97 Å². The number of carbonyl (C=O) groups is 2. The monoisotopic (exact) mass is 389 g/mol. The number of hydrogen-bond donors (Lipinski definition) is 1. The summed E-state index contributed by atoms with van der Waals surface area (Å²) in [5, 5.41) is 24.3. The first-order valence-corrected chi connectivity index (χ1v) is 7.78. The number of esters is 1. The summed E-state index contributed by atoms with van der Waals surface area (Å²) in [5.41, 5.74) is -0.487. The molecule has 0 bridgehead atoms. The summed E-state index contributed by atoms with van der Waals surface area (Å²) < 4.78 is 9.82. The van der Waals surface area contributed by atoms with E-state index >= 15 is 0 Å². The highest BCUT2D eigenvalue weighted by atomic mass is 16.6. The number of anilines is 1. The molecule has 0 radical (unpaired) electrons. The highest BCUT2D eigenvalue weighted by Gasteiger charge is 2.24. The van der Waals surface area contributed by atoms with Gasteiger partial charge < -0.3 is 14.8 Å². The van der Waals surface area contributed by atoms with E-state index in [0.717, 1.165) is 6.07 Å². The van der Waals surface area contributed by atoms with Gasteiger partial charge in [0.25, 0.3) is 17.3 Å². The fraction of sp³-hybridized carbons (Fsp3) is 0.176. The van der Waals surface area contributed by atoms with E-state index < -0.39 is 34.0 Å². The van der Waals surface area contributed by atoms with Crippen LogP contribution in [0.4, 0.5) is 17.1 Å². The Bertz CT molecular complexity index is 957. The molecule has 0 saturated carbocycles. The first-order valence-electron chi connectivity index (χ1n) is 7.78. The second kappa shape index (κ2) is 8.58. The fourth-order valence-electron chi connectivity index (χ4n) is 2.36. The Balaban J connectivity index is 2.07. The Labute approximate surface area is 158 Å². The molecule has 2 aromatic rings. The zero-order valence-corrected chi connectivity index (χ0v) is 14.8. The van der Waals surface area contributed by atoms with Crippen molar-refractivity contribution in [2.24, 2.45) is 0 Å². The number of para-hydroxylation sites is 1. The summed E-state index contributed by atoms with van der Waals surface area (Å²) in [7, 11) is 1.27. The Morgan fingerprint density at radius 3 is 2.43 bits per heavy atom. The van der Waals surface area contributed by atoms with E-state index in [4.69, 9.17) is 9.47 Å². The Morgan fingerprint density at radius 2 is 1.82 bits per heavy atom. The van der Waals surface area contributed by atoms with Gasteiger partial charge in [0.05, 0.1) is 28.7 Å². The summed E-state index contributed by atoms with van der Waals surface area (Å²) in [6, 6.07) is 7.72. The van der Waals surface area contributed by atoms with E-state index in [-0.39, 0.29) is 28.3 Å². The van der Waals surface area contributed by atoms with Gasteiger partial charge in [0.15, 0.2) is 6.61 Å². The molecule has 0 aromatic heterocycles. The van der Waals surface area contributed by atoms with Crippen LogP contribution in [-0.2, 0) is 9.53 Å². The van der Waals surface area contributed by atoms with Crippen LogP contribution in [0.1, 0.15) is 15.9 Å². The van der Waals surface area contributed by atoms with Crippen LogP contribution in [0.5, 0.6) is 5.75 Å². The van der Waals surface area contributed by atoms with Crippen molar-refractivity contribution in [3.63, 3.8) is 0 Å². The van der Waals surface area contributed by atoms with E-state index in [1.807, 2.05) is 0 Å². The molecule has 11 heteroatoms. The molecule has 0 atom stereocenters. The summed E-state index contributed by atoms with van der Waals surface area (Å²) in [6.07, 6.45) is 0. The molecule has 1 N–H and O–H groups in total. The van der Waals surface area contributed by atoms with Gasteiger partial charge in [-0.3, -0.25) is 25.0 Å². The van der Waals surface area contributed by atoms with Crippen molar-refractivity contribution in [1.29, 1.82) is 0 Å². The lowest BCUT2D eigenvalue weighted by Crippen LogP contribution is -2.21. The Kier molecular flexibility index (Phi) is 6.22. The van der Waals surface area contributed by atoms with E-state index in [9.17, 15) is 29.8 Å². The lowest BCUT2D eigenvalue weighted by atomic mass is 10.1. The molecule has 0 aliphatic carbocycles. The third-order valence-electron chi connectivity index (χ3n) is 3.64. The molecule has 0 fully saturated rings. The van der Waals surface area contributed by atoms with Crippen LogP contribution in [-0.4, -0.2) is 35.4 Å². The van der Waals surface area contributed by atoms with Gasteiger partial charge in [0, 0.05) is 11.6 Å². The number of rotatable bonds is 7. The highest BCUT2D eigenvalue weighted by molar-refractivity contribution is 5.98. The third-order valence-corrected chi connectivity index (χ3v) is 3.64.